The minimum Gasteiger partial charge on any atom is -0.474 e. The third kappa shape index (κ3) is 6.61. The van der Waals surface area contributed by atoms with Crippen LogP contribution in [0.25, 0.3) is 21.3 Å². The van der Waals surface area contributed by atoms with E-state index in [0.29, 0.717) is 48.6 Å². The highest BCUT2D eigenvalue weighted by Crippen LogP contribution is 2.37. The number of aromatic nitrogens is 4. The van der Waals surface area contributed by atoms with Crippen molar-refractivity contribution in [1.29, 1.82) is 0 Å². The highest BCUT2D eigenvalue weighted by molar-refractivity contribution is 7.18. The van der Waals surface area contributed by atoms with Crippen LogP contribution in [0.3, 0.4) is 0 Å². The summed E-state index contributed by atoms with van der Waals surface area (Å²) < 4.78 is 34.0. The summed E-state index contributed by atoms with van der Waals surface area (Å²) in [6, 6.07) is 12.1. The van der Waals surface area contributed by atoms with Crippen LogP contribution < -0.4 is 14.8 Å². The average Bonchev–Trinajstić information content (AvgIpc) is 3.36. The molecule has 0 radical (unpaired) electrons. The Labute approximate surface area is 262 Å². The number of hydrogen-bond donors (Lipinski definition) is 1. The molecule has 0 unspecified atom stereocenters. The molecule has 3 aromatic heterocycles. The van der Waals surface area contributed by atoms with Gasteiger partial charge in [0.05, 0.1) is 26.4 Å². The lowest BCUT2D eigenvalue weighted by Gasteiger charge is -2.33. The molecule has 6 rings (SSSR count). The van der Waals surface area contributed by atoms with Crippen LogP contribution in [0.1, 0.15) is 38.6 Å². The molecule has 2 aromatic carbocycles. The van der Waals surface area contributed by atoms with Gasteiger partial charge in [-0.3, -0.25) is 0 Å². The highest BCUT2D eigenvalue weighted by Gasteiger charge is 2.28. The van der Waals surface area contributed by atoms with Crippen molar-refractivity contribution < 1.29 is 23.4 Å². The standard InChI is InChI=1S/C31H30ClFN6O4S/c1-17-36-22-15-19(5-9-24(22)44-17)41-23-8-6-20(27(33)26(23)32)37-29-28-21(34-16-35-29)7-10-25(38-28)42-18-11-13-39(14-12-18)30(40)43-31(2,3)4/h5-10,15-16,18H,11-14H2,1-4H3,(H,34,35,37). The van der Waals surface area contributed by atoms with Gasteiger partial charge in [0.25, 0.3) is 0 Å². The van der Waals surface area contributed by atoms with Gasteiger partial charge in [0.2, 0.25) is 5.88 Å². The lowest BCUT2D eigenvalue weighted by Crippen LogP contribution is -2.44. The molecule has 1 aliphatic heterocycles. The monoisotopic (exact) mass is 636 g/mol. The minimum absolute atomic E-state index is 0.0931. The van der Waals surface area contributed by atoms with Gasteiger partial charge in [-0.1, -0.05) is 11.6 Å². The number of pyridine rings is 1. The Kier molecular flexibility index (Phi) is 8.12. The number of piperidine rings is 1. The zero-order valence-corrected chi connectivity index (χ0v) is 26.1. The molecule has 13 heteroatoms. The predicted molar refractivity (Wildman–Crippen MR) is 168 cm³/mol. The molecule has 1 fully saturated rings. The van der Waals surface area contributed by atoms with E-state index < -0.39 is 11.4 Å². The van der Waals surface area contributed by atoms with Crippen molar-refractivity contribution in [2.75, 3.05) is 18.4 Å². The summed E-state index contributed by atoms with van der Waals surface area (Å²) in [6.07, 6.45) is 2.16. The number of aryl methyl sites for hydroxylation is 1. The van der Waals surface area contributed by atoms with Crippen LogP contribution in [-0.2, 0) is 4.74 Å². The SMILES string of the molecule is Cc1nc2cc(Oc3ccc(Nc4ncnc5ccc(OC6CCN(C(=O)OC(C)(C)C)CC6)nc45)c(F)c3Cl)ccc2s1. The third-order valence-corrected chi connectivity index (χ3v) is 8.14. The number of nitrogens with zero attached hydrogens (tertiary/aromatic N) is 5. The van der Waals surface area contributed by atoms with Crippen molar-refractivity contribution in [3.8, 4) is 17.4 Å². The Balaban J connectivity index is 1.15. The van der Waals surface area contributed by atoms with Gasteiger partial charge >= 0.3 is 6.09 Å². The summed E-state index contributed by atoms with van der Waals surface area (Å²) in [6.45, 7) is 8.50. The van der Waals surface area contributed by atoms with Gasteiger partial charge in [0, 0.05) is 38.1 Å². The second-order valence-electron chi connectivity index (χ2n) is 11.4. The van der Waals surface area contributed by atoms with Gasteiger partial charge in [-0.25, -0.2) is 29.1 Å². The van der Waals surface area contributed by atoms with Crippen LogP contribution in [-0.4, -0.2) is 55.7 Å². The molecule has 1 amide bonds. The number of amides is 1. The molecule has 0 aliphatic carbocycles. The summed E-state index contributed by atoms with van der Waals surface area (Å²) in [5.74, 6) is 0.623. The average molecular weight is 637 g/mol. The van der Waals surface area contributed by atoms with Gasteiger partial charge in [0.1, 0.15) is 40.1 Å². The maximum absolute atomic E-state index is 15.5. The topological polar surface area (TPSA) is 112 Å². The molecule has 5 aromatic rings. The minimum atomic E-state index is -0.703. The summed E-state index contributed by atoms with van der Waals surface area (Å²) >= 11 is 7.98. The van der Waals surface area contributed by atoms with E-state index in [1.807, 2.05) is 33.8 Å². The van der Waals surface area contributed by atoms with E-state index in [-0.39, 0.29) is 34.5 Å². The molecule has 0 atom stereocenters. The van der Waals surface area contributed by atoms with Crippen molar-refractivity contribution in [3.05, 3.63) is 64.6 Å². The van der Waals surface area contributed by atoms with Crippen LogP contribution in [0, 0.1) is 12.7 Å². The molecule has 4 heterocycles. The van der Waals surface area contributed by atoms with E-state index in [1.54, 1.807) is 46.6 Å². The molecule has 44 heavy (non-hydrogen) atoms. The van der Waals surface area contributed by atoms with Crippen molar-refractivity contribution in [2.24, 2.45) is 0 Å². The molecule has 1 saturated heterocycles. The number of hydrogen-bond acceptors (Lipinski definition) is 10. The number of fused-ring (bicyclic) bond motifs is 2. The molecular weight excluding hydrogens is 607 g/mol. The Morgan fingerprint density at radius 2 is 1.86 bits per heavy atom. The molecule has 10 nitrogen and oxygen atoms in total. The van der Waals surface area contributed by atoms with Gasteiger partial charge < -0.3 is 24.4 Å². The normalized spacial score (nSPS) is 14.2. The first kappa shape index (κ1) is 29.8. The van der Waals surface area contributed by atoms with Gasteiger partial charge in [-0.05, 0) is 58.0 Å². The number of carbonyl (C=O) groups excluding carboxylic acids is 1. The lowest BCUT2D eigenvalue weighted by atomic mass is 10.1. The number of halogens is 2. The number of thiazole rings is 1. The van der Waals surface area contributed by atoms with Gasteiger partial charge in [-0.2, -0.15) is 0 Å². The fourth-order valence-electron chi connectivity index (χ4n) is 4.78. The maximum Gasteiger partial charge on any atom is 0.410 e. The van der Waals surface area contributed by atoms with E-state index in [2.05, 4.69) is 25.3 Å². The number of likely N-dealkylation sites (tertiary alicyclic amines) is 1. The fourth-order valence-corrected chi connectivity index (χ4v) is 5.79. The van der Waals surface area contributed by atoms with E-state index in [4.69, 9.17) is 25.8 Å². The Hall–Kier alpha value is -4.29. The van der Waals surface area contributed by atoms with Gasteiger partial charge in [0.15, 0.2) is 11.6 Å². The summed E-state index contributed by atoms with van der Waals surface area (Å²) in [7, 11) is 0. The number of benzene rings is 2. The maximum atomic E-state index is 15.5. The number of anilines is 2. The van der Waals surface area contributed by atoms with E-state index in [0.717, 1.165) is 15.2 Å². The molecular formula is C31H30ClFN6O4S. The van der Waals surface area contributed by atoms with Crippen molar-refractivity contribution in [3.63, 3.8) is 0 Å². The smallest absolute Gasteiger partial charge is 0.410 e. The van der Waals surface area contributed by atoms with E-state index >= 15 is 4.39 Å². The van der Waals surface area contributed by atoms with Crippen LogP contribution in [0.4, 0.5) is 20.7 Å². The highest BCUT2D eigenvalue weighted by atomic mass is 35.5. The zero-order chi connectivity index (χ0) is 31.0. The lowest BCUT2D eigenvalue weighted by molar-refractivity contribution is 0.0123. The largest absolute Gasteiger partial charge is 0.474 e. The van der Waals surface area contributed by atoms with Gasteiger partial charge in [-0.15, -0.1) is 11.3 Å². The quantitative estimate of drug-likeness (QED) is 0.198. The van der Waals surface area contributed by atoms with Crippen LogP contribution in [0.2, 0.25) is 5.02 Å². The Bertz CT molecular complexity index is 1860. The molecule has 1 aliphatic rings. The molecule has 228 valence electrons. The summed E-state index contributed by atoms with van der Waals surface area (Å²) in [5, 5.41) is 3.76. The van der Waals surface area contributed by atoms with Crippen molar-refractivity contribution in [2.45, 2.75) is 52.2 Å². The fraction of sp³-hybridized carbons (Fsp3) is 0.323. The third-order valence-electron chi connectivity index (χ3n) is 6.83. The number of rotatable bonds is 6. The van der Waals surface area contributed by atoms with Crippen LogP contribution in [0.5, 0.6) is 17.4 Å². The molecule has 0 spiro atoms. The van der Waals surface area contributed by atoms with Crippen LogP contribution in [0.15, 0.2) is 48.8 Å². The first-order valence-corrected chi connectivity index (χ1v) is 15.3. The second-order valence-corrected chi connectivity index (χ2v) is 13.0. The van der Waals surface area contributed by atoms with E-state index in [9.17, 15) is 4.79 Å². The molecule has 0 bridgehead atoms. The second kappa shape index (κ2) is 12.0. The van der Waals surface area contributed by atoms with Crippen LogP contribution >= 0.6 is 22.9 Å². The van der Waals surface area contributed by atoms with Crippen molar-refractivity contribution in [1.82, 2.24) is 24.8 Å². The summed E-state index contributed by atoms with van der Waals surface area (Å²) in [5.41, 5.74) is 1.30. The molecule has 0 saturated carbocycles. The number of carbonyl (C=O) groups is 1. The molecule has 1 N–H and O–H groups in total. The Morgan fingerprint density at radius 3 is 2.64 bits per heavy atom. The predicted octanol–water partition coefficient (Wildman–Crippen LogP) is 8.05. The Morgan fingerprint density at radius 1 is 1.07 bits per heavy atom. The van der Waals surface area contributed by atoms with E-state index in [1.165, 1.54) is 12.4 Å². The first-order valence-electron chi connectivity index (χ1n) is 14.1. The first-order chi connectivity index (χ1) is 21.0. The number of nitrogens with one attached hydrogen (secondary N) is 1. The summed E-state index contributed by atoms with van der Waals surface area (Å²) in [4.78, 5) is 31.7. The number of ether oxygens (including phenoxy) is 3. The van der Waals surface area contributed by atoms with Crippen molar-refractivity contribution >= 4 is 61.8 Å². The zero-order valence-electron chi connectivity index (χ0n) is 24.6.